The summed E-state index contributed by atoms with van der Waals surface area (Å²) in [6, 6.07) is 10.8. The lowest BCUT2D eigenvalue weighted by atomic mass is 10.1. The average Bonchev–Trinajstić information content (AvgIpc) is 2.90. The van der Waals surface area contributed by atoms with Crippen molar-refractivity contribution in [3.8, 4) is 0 Å². The van der Waals surface area contributed by atoms with Crippen LogP contribution in [-0.2, 0) is 16.1 Å². The minimum atomic E-state index is -1.08. The van der Waals surface area contributed by atoms with Gasteiger partial charge in [-0.05, 0) is 36.8 Å². The van der Waals surface area contributed by atoms with E-state index in [2.05, 4.69) is 0 Å². The molecule has 1 aliphatic rings. The summed E-state index contributed by atoms with van der Waals surface area (Å²) in [7, 11) is 0. The SMILES string of the molecule is C[C@@H](C(=O)OCc1ccc([N+](=O)[O-])cc1)N1C(=O)c2ccccc2C1=O. The van der Waals surface area contributed by atoms with E-state index >= 15 is 0 Å². The van der Waals surface area contributed by atoms with Crippen molar-refractivity contribution >= 4 is 23.5 Å². The van der Waals surface area contributed by atoms with Gasteiger partial charge in [-0.25, -0.2) is 4.79 Å². The Kier molecular flexibility index (Phi) is 4.49. The number of non-ortho nitro benzene ring substituents is 1. The largest absolute Gasteiger partial charge is 0.459 e. The Labute approximate surface area is 148 Å². The van der Waals surface area contributed by atoms with E-state index < -0.39 is 28.7 Å². The number of ether oxygens (including phenoxy) is 1. The van der Waals surface area contributed by atoms with Gasteiger partial charge < -0.3 is 4.74 Å². The van der Waals surface area contributed by atoms with Gasteiger partial charge in [0.2, 0.25) is 0 Å². The van der Waals surface area contributed by atoms with Crippen molar-refractivity contribution < 1.29 is 24.0 Å². The maximum Gasteiger partial charge on any atom is 0.329 e. The Bertz CT molecular complexity index is 871. The standard InChI is InChI=1S/C18H14N2O6/c1-11(19-16(21)14-4-2-3-5-15(14)17(19)22)18(23)26-10-12-6-8-13(9-7-12)20(24)25/h2-9,11H,10H2,1H3/t11-/m0/s1. The molecule has 2 aromatic carbocycles. The van der Waals surface area contributed by atoms with E-state index in [-0.39, 0.29) is 23.4 Å². The zero-order valence-corrected chi connectivity index (χ0v) is 13.7. The van der Waals surface area contributed by atoms with Gasteiger partial charge in [0.05, 0.1) is 16.1 Å². The van der Waals surface area contributed by atoms with E-state index in [0.29, 0.717) is 5.56 Å². The van der Waals surface area contributed by atoms with Gasteiger partial charge in [0.25, 0.3) is 17.5 Å². The fourth-order valence-electron chi connectivity index (χ4n) is 2.65. The van der Waals surface area contributed by atoms with Crippen LogP contribution in [0.25, 0.3) is 0 Å². The molecule has 0 fully saturated rings. The summed E-state index contributed by atoms with van der Waals surface area (Å²) >= 11 is 0. The molecule has 0 radical (unpaired) electrons. The minimum absolute atomic E-state index is 0.0699. The number of imide groups is 1. The predicted octanol–water partition coefficient (Wildman–Crippen LogP) is 2.32. The normalized spacial score (nSPS) is 14.1. The first-order valence-electron chi connectivity index (χ1n) is 7.77. The lowest BCUT2D eigenvalue weighted by Crippen LogP contribution is -2.43. The van der Waals surface area contributed by atoms with Gasteiger partial charge in [0, 0.05) is 12.1 Å². The zero-order valence-electron chi connectivity index (χ0n) is 13.7. The monoisotopic (exact) mass is 354 g/mol. The number of hydrogen-bond acceptors (Lipinski definition) is 6. The molecule has 0 aromatic heterocycles. The molecule has 8 nitrogen and oxygen atoms in total. The van der Waals surface area contributed by atoms with E-state index in [0.717, 1.165) is 4.90 Å². The molecule has 8 heteroatoms. The third-order valence-electron chi connectivity index (χ3n) is 4.08. The highest BCUT2D eigenvalue weighted by molar-refractivity contribution is 6.22. The molecule has 132 valence electrons. The van der Waals surface area contributed by atoms with Crippen molar-refractivity contribution in [1.29, 1.82) is 0 Å². The molecule has 0 aliphatic carbocycles. The van der Waals surface area contributed by atoms with Crippen LogP contribution < -0.4 is 0 Å². The summed E-state index contributed by atoms with van der Waals surface area (Å²) in [6.07, 6.45) is 0. The van der Waals surface area contributed by atoms with Crippen molar-refractivity contribution in [3.05, 3.63) is 75.3 Å². The summed E-state index contributed by atoms with van der Waals surface area (Å²) in [4.78, 5) is 47.9. The topological polar surface area (TPSA) is 107 Å². The number of hydrogen-bond donors (Lipinski definition) is 0. The number of esters is 1. The fraction of sp³-hybridized carbons (Fsp3) is 0.167. The molecule has 1 atom stereocenters. The fourth-order valence-corrected chi connectivity index (χ4v) is 2.65. The highest BCUT2D eigenvalue weighted by atomic mass is 16.6. The summed E-state index contributed by atoms with van der Waals surface area (Å²) < 4.78 is 5.14. The van der Waals surface area contributed by atoms with Crippen molar-refractivity contribution in [2.45, 2.75) is 19.6 Å². The van der Waals surface area contributed by atoms with Crippen LogP contribution in [0.15, 0.2) is 48.5 Å². The van der Waals surface area contributed by atoms with Crippen LogP contribution in [0.2, 0.25) is 0 Å². The van der Waals surface area contributed by atoms with Crippen LogP contribution in [0.4, 0.5) is 5.69 Å². The average molecular weight is 354 g/mol. The van der Waals surface area contributed by atoms with Crippen molar-refractivity contribution in [2.75, 3.05) is 0 Å². The van der Waals surface area contributed by atoms with Crippen LogP contribution in [0.5, 0.6) is 0 Å². The van der Waals surface area contributed by atoms with Gasteiger partial charge >= 0.3 is 5.97 Å². The minimum Gasteiger partial charge on any atom is -0.459 e. The van der Waals surface area contributed by atoms with Crippen molar-refractivity contribution in [2.24, 2.45) is 0 Å². The number of nitrogens with zero attached hydrogens (tertiary/aromatic N) is 2. The third-order valence-corrected chi connectivity index (χ3v) is 4.08. The molecule has 3 rings (SSSR count). The second-order valence-electron chi connectivity index (χ2n) is 5.73. The lowest BCUT2D eigenvalue weighted by Gasteiger charge is -2.20. The first kappa shape index (κ1) is 17.3. The predicted molar refractivity (Wildman–Crippen MR) is 89.3 cm³/mol. The second-order valence-corrected chi connectivity index (χ2v) is 5.73. The molecule has 1 heterocycles. The number of benzene rings is 2. The van der Waals surface area contributed by atoms with Crippen molar-refractivity contribution in [3.63, 3.8) is 0 Å². The van der Waals surface area contributed by atoms with Crippen LogP contribution in [0.1, 0.15) is 33.2 Å². The van der Waals surface area contributed by atoms with Crippen LogP contribution in [0, 0.1) is 10.1 Å². The molecular weight excluding hydrogens is 340 g/mol. The second kappa shape index (κ2) is 6.75. The Morgan fingerprint density at radius 1 is 1.08 bits per heavy atom. The molecule has 0 saturated heterocycles. The Balaban J connectivity index is 1.66. The quantitative estimate of drug-likeness (QED) is 0.353. The highest BCUT2D eigenvalue weighted by Crippen LogP contribution is 2.25. The third kappa shape index (κ3) is 3.04. The van der Waals surface area contributed by atoms with E-state index in [9.17, 15) is 24.5 Å². The zero-order chi connectivity index (χ0) is 18.8. The number of nitro groups is 1. The van der Waals surface area contributed by atoms with E-state index in [1.54, 1.807) is 12.1 Å². The first-order valence-corrected chi connectivity index (χ1v) is 7.77. The van der Waals surface area contributed by atoms with Gasteiger partial charge in [-0.15, -0.1) is 0 Å². The molecule has 0 bridgehead atoms. The number of amides is 2. The number of carbonyl (C=O) groups is 3. The van der Waals surface area contributed by atoms with Gasteiger partial charge in [-0.3, -0.25) is 24.6 Å². The molecule has 0 saturated carbocycles. The molecule has 0 N–H and O–H groups in total. The van der Waals surface area contributed by atoms with E-state index in [1.165, 1.54) is 43.3 Å². The number of carbonyl (C=O) groups excluding carboxylic acids is 3. The number of fused-ring (bicyclic) bond motifs is 1. The summed E-state index contributed by atoms with van der Waals surface area (Å²) in [5.74, 6) is -1.81. The first-order chi connectivity index (χ1) is 12.4. The maximum absolute atomic E-state index is 12.4. The number of nitro benzene ring substituents is 1. The summed E-state index contributed by atoms with van der Waals surface area (Å²) in [6.45, 7) is 1.30. The van der Waals surface area contributed by atoms with Gasteiger partial charge in [-0.2, -0.15) is 0 Å². The molecule has 2 amide bonds. The Morgan fingerprint density at radius 2 is 1.62 bits per heavy atom. The highest BCUT2D eigenvalue weighted by Gasteiger charge is 2.41. The summed E-state index contributed by atoms with van der Waals surface area (Å²) in [5.41, 5.74) is 0.998. The van der Waals surface area contributed by atoms with Gasteiger partial charge in [-0.1, -0.05) is 12.1 Å². The lowest BCUT2D eigenvalue weighted by molar-refractivity contribution is -0.384. The van der Waals surface area contributed by atoms with Crippen molar-refractivity contribution in [1.82, 2.24) is 4.90 Å². The molecule has 0 spiro atoms. The summed E-state index contributed by atoms with van der Waals surface area (Å²) in [5, 5.41) is 10.6. The molecular formula is C18H14N2O6. The smallest absolute Gasteiger partial charge is 0.329 e. The van der Waals surface area contributed by atoms with Crippen LogP contribution in [-0.4, -0.2) is 33.6 Å². The van der Waals surface area contributed by atoms with Crippen LogP contribution in [0.3, 0.4) is 0 Å². The van der Waals surface area contributed by atoms with Gasteiger partial charge in [0.15, 0.2) is 0 Å². The van der Waals surface area contributed by atoms with E-state index in [4.69, 9.17) is 4.74 Å². The molecule has 1 aliphatic heterocycles. The molecule has 0 unspecified atom stereocenters. The van der Waals surface area contributed by atoms with Crippen LogP contribution >= 0.6 is 0 Å². The molecule has 26 heavy (non-hydrogen) atoms. The maximum atomic E-state index is 12.4. The molecule has 2 aromatic rings. The number of rotatable bonds is 5. The van der Waals surface area contributed by atoms with E-state index in [1.807, 2.05) is 0 Å². The Hall–Kier alpha value is -3.55. The Morgan fingerprint density at radius 3 is 2.12 bits per heavy atom. The van der Waals surface area contributed by atoms with Gasteiger partial charge in [0.1, 0.15) is 12.6 Å².